The Labute approximate surface area is 150 Å². The van der Waals surface area contributed by atoms with Crippen LogP contribution in [0.5, 0.6) is 0 Å². The molecule has 0 bridgehead atoms. The summed E-state index contributed by atoms with van der Waals surface area (Å²) in [7, 11) is 0. The number of oxazole rings is 1. The number of aryl methyl sites for hydroxylation is 1. The summed E-state index contributed by atoms with van der Waals surface area (Å²) in [6.45, 7) is 0. The molecule has 5 nitrogen and oxygen atoms in total. The summed E-state index contributed by atoms with van der Waals surface area (Å²) in [4.78, 5) is 20.9. The number of carbonyl (C=O) groups is 1. The molecule has 0 unspecified atom stereocenters. The highest BCUT2D eigenvalue weighted by atomic mass is 16.4. The molecule has 0 radical (unpaired) electrons. The predicted octanol–water partition coefficient (Wildman–Crippen LogP) is 4.46. The highest BCUT2D eigenvalue weighted by molar-refractivity contribution is 5.91. The maximum atomic E-state index is 12.2. The standard InChI is InChI=1S/C21H17N3O2/c25-20(24-19-11-10-15-6-4-5-9-17(15)23-19)12-13-21-22-14-18(26-21)16-7-2-1-3-8-16/h1-11,14H,12-13H2,(H,23,24,25). The molecule has 26 heavy (non-hydrogen) atoms. The second-order valence-corrected chi connectivity index (χ2v) is 5.92. The van der Waals surface area contributed by atoms with Crippen LogP contribution in [0, 0.1) is 0 Å². The largest absolute Gasteiger partial charge is 0.441 e. The van der Waals surface area contributed by atoms with E-state index in [1.807, 2.05) is 60.7 Å². The molecule has 5 heteroatoms. The van der Waals surface area contributed by atoms with Gasteiger partial charge in [-0.15, -0.1) is 0 Å². The Morgan fingerprint density at radius 1 is 0.962 bits per heavy atom. The normalized spacial score (nSPS) is 10.8. The quantitative estimate of drug-likeness (QED) is 0.581. The number of rotatable bonds is 5. The van der Waals surface area contributed by atoms with Crippen LogP contribution >= 0.6 is 0 Å². The molecule has 0 saturated heterocycles. The number of nitrogens with one attached hydrogen (secondary N) is 1. The lowest BCUT2D eigenvalue weighted by atomic mass is 10.2. The van der Waals surface area contributed by atoms with Crippen LogP contribution in [0.3, 0.4) is 0 Å². The summed E-state index contributed by atoms with van der Waals surface area (Å²) >= 11 is 0. The Bertz CT molecular complexity index is 1040. The zero-order chi connectivity index (χ0) is 17.8. The van der Waals surface area contributed by atoms with Gasteiger partial charge in [-0.1, -0.05) is 48.5 Å². The van der Waals surface area contributed by atoms with Gasteiger partial charge in [0.25, 0.3) is 0 Å². The molecule has 0 aliphatic rings. The number of fused-ring (bicyclic) bond motifs is 1. The van der Waals surface area contributed by atoms with Crippen molar-refractivity contribution in [1.82, 2.24) is 9.97 Å². The van der Waals surface area contributed by atoms with E-state index in [0.29, 0.717) is 23.9 Å². The van der Waals surface area contributed by atoms with Crippen molar-refractivity contribution in [3.8, 4) is 11.3 Å². The van der Waals surface area contributed by atoms with Crippen LogP contribution in [0.4, 0.5) is 5.82 Å². The van der Waals surface area contributed by atoms with E-state index in [1.54, 1.807) is 12.3 Å². The molecule has 4 aromatic rings. The second-order valence-electron chi connectivity index (χ2n) is 5.92. The highest BCUT2D eigenvalue weighted by Gasteiger charge is 2.09. The van der Waals surface area contributed by atoms with Crippen molar-refractivity contribution in [3.63, 3.8) is 0 Å². The van der Waals surface area contributed by atoms with Crippen molar-refractivity contribution >= 4 is 22.6 Å². The van der Waals surface area contributed by atoms with E-state index in [1.165, 1.54) is 0 Å². The minimum atomic E-state index is -0.118. The molecule has 1 amide bonds. The molecular formula is C21H17N3O2. The fourth-order valence-corrected chi connectivity index (χ4v) is 2.72. The molecule has 2 aromatic heterocycles. The van der Waals surface area contributed by atoms with Crippen LogP contribution in [0.2, 0.25) is 0 Å². The van der Waals surface area contributed by atoms with Crippen molar-refractivity contribution in [2.75, 3.05) is 5.32 Å². The zero-order valence-corrected chi connectivity index (χ0v) is 14.1. The Balaban J connectivity index is 1.37. The van der Waals surface area contributed by atoms with Crippen LogP contribution in [0.1, 0.15) is 12.3 Å². The third-order valence-corrected chi connectivity index (χ3v) is 4.04. The van der Waals surface area contributed by atoms with Crippen molar-refractivity contribution in [2.45, 2.75) is 12.8 Å². The lowest BCUT2D eigenvalue weighted by Gasteiger charge is -2.05. The molecule has 2 aromatic carbocycles. The van der Waals surface area contributed by atoms with E-state index in [2.05, 4.69) is 15.3 Å². The van der Waals surface area contributed by atoms with Gasteiger partial charge >= 0.3 is 0 Å². The monoisotopic (exact) mass is 343 g/mol. The smallest absolute Gasteiger partial charge is 0.226 e. The van der Waals surface area contributed by atoms with Gasteiger partial charge in [0.2, 0.25) is 5.91 Å². The van der Waals surface area contributed by atoms with Gasteiger partial charge in [-0.05, 0) is 18.2 Å². The summed E-state index contributed by atoms with van der Waals surface area (Å²) < 4.78 is 5.72. The van der Waals surface area contributed by atoms with Crippen LogP contribution < -0.4 is 5.32 Å². The topological polar surface area (TPSA) is 68.0 Å². The number of hydrogen-bond acceptors (Lipinski definition) is 4. The minimum Gasteiger partial charge on any atom is -0.441 e. The van der Waals surface area contributed by atoms with Gasteiger partial charge in [-0.3, -0.25) is 4.79 Å². The van der Waals surface area contributed by atoms with Gasteiger partial charge in [0.05, 0.1) is 11.7 Å². The van der Waals surface area contributed by atoms with Gasteiger partial charge in [-0.25, -0.2) is 9.97 Å². The maximum absolute atomic E-state index is 12.2. The first-order valence-electron chi connectivity index (χ1n) is 8.44. The van der Waals surface area contributed by atoms with E-state index < -0.39 is 0 Å². The van der Waals surface area contributed by atoms with Crippen molar-refractivity contribution in [2.24, 2.45) is 0 Å². The SMILES string of the molecule is O=C(CCc1ncc(-c2ccccc2)o1)Nc1ccc2ccccc2n1. The molecule has 0 saturated carbocycles. The van der Waals surface area contributed by atoms with Gasteiger partial charge in [0.1, 0.15) is 5.82 Å². The van der Waals surface area contributed by atoms with Gasteiger partial charge in [-0.2, -0.15) is 0 Å². The zero-order valence-electron chi connectivity index (χ0n) is 14.1. The lowest BCUT2D eigenvalue weighted by molar-refractivity contribution is -0.116. The van der Waals surface area contributed by atoms with Crippen LogP contribution in [0.25, 0.3) is 22.2 Å². The number of aromatic nitrogens is 2. The van der Waals surface area contributed by atoms with E-state index in [9.17, 15) is 4.79 Å². The number of nitrogens with zero attached hydrogens (tertiary/aromatic N) is 2. The summed E-state index contributed by atoms with van der Waals surface area (Å²) in [5, 5.41) is 3.86. The molecule has 0 spiro atoms. The molecule has 0 aliphatic carbocycles. The predicted molar refractivity (Wildman–Crippen MR) is 101 cm³/mol. The summed E-state index contributed by atoms with van der Waals surface area (Å²) in [5.41, 5.74) is 1.82. The number of benzene rings is 2. The molecule has 0 aliphatic heterocycles. The molecule has 2 heterocycles. The number of hydrogen-bond donors (Lipinski definition) is 1. The summed E-state index contributed by atoms with van der Waals surface area (Å²) in [6, 6.07) is 21.3. The fourth-order valence-electron chi connectivity index (χ4n) is 2.72. The third kappa shape index (κ3) is 3.62. The maximum Gasteiger partial charge on any atom is 0.226 e. The van der Waals surface area contributed by atoms with E-state index in [4.69, 9.17) is 4.42 Å². The van der Waals surface area contributed by atoms with Gasteiger partial charge < -0.3 is 9.73 Å². The number of anilines is 1. The molecule has 128 valence electrons. The molecular weight excluding hydrogens is 326 g/mol. The van der Waals surface area contributed by atoms with Gasteiger partial charge in [0.15, 0.2) is 11.7 Å². The van der Waals surface area contributed by atoms with E-state index in [-0.39, 0.29) is 12.3 Å². The molecule has 4 rings (SSSR count). The van der Waals surface area contributed by atoms with Crippen LogP contribution in [-0.4, -0.2) is 15.9 Å². The van der Waals surface area contributed by atoms with Crippen LogP contribution in [0.15, 0.2) is 77.3 Å². The average molecular weight is 343 g/mol. The molecule has 0 atom stereocenters. The second kappa shape index (κ2) is 7.19. The number of carbonyl (C=O) groups excluding carboxylic acids is 1. The first-order chi connectivity index (χ1) is 12.8. The lowest BCUT2D eigenvalue weighted by Crippen LogP contribution is -2.13. The van der Waals surface area contributed by atoms with E-state index in [0.717, 1.165) is 16.5 Å². The van der Waals surface area contributed by atoms with Crippen molar-refractivity contribution in [3.05, 3.63) is 78.8 Å². The average Bonchev–Trinajstić information content (AvgIpc) is 3.16. The van der Waals surface area contributed by atoms with Crippen molar-refractivity contribution in [1.29, 1.82) is 0 Å². The summed E-state index contributed by atoms with van der Waals surface area (Å²) in [5.74, 6) is 1.68. The molecule has 0 fully saturated rings. The minimum absolute atomic E-state index is 0.118. The number of amides is 1. The van der Waals surface area contributed by atoms with E-state index >= 15 is 0 Å². The number of pyridine rings is 1. The Morgan fingerprint density at radius 2 is 1.77 bits per heavy atom. The Hall–Kier alpha value is -3.47. The van der Waals surface area contributed by atoms with Gasteiger partial charge in [0, 0.05) is 23.8 Å². The Morgan fingerprint density at radius 3 is 2.65 bits per heavy atom. The first-order valence-corrected chi connectivity index (χ1v) is 8.44. The first kappa shape index (κ1) is 16.0. The number of para-hydroxylation sites is 1. The summed E-state index contributed by atoms with van der Waals surface area (Å²) in [6.07, 6.45) is 2.41. The Kier molecular flexibility index (Phi) is 4.43. The van der Waals surface area contributed by atoms with Crippen LogP contribution in [-0.2, 0) is 11.2 Å². The highest BCUT2D eigenvalue weighted by Crippen LogP contribution is 2.20. The molecule has 1 N–H and O–H groups in total. The fraction of sp³-hybridized carbons (Fsp3) is 0.0952. The third-order valence-electron chi connectivity index (χ3n) is 4.04. The van der Waals surface area contributed by atoms with Crippen molar-refractivity contribution < 1.29 is 9.21 Å².